The number of carbonyl (C=O) groups excluding carboxylic acids is 1. The van der Waals surface area contributed by atoms with E-state index in [2.05, 4.69) is 5.32 Å². The minimum Gasteiger partial charge on any atom is -0.383 e. The highest BCUT2D eigenvalue weighted by molar-refractivity contribution is 6.12. The van der Waals surface area contributed by atoms with E-state index >= 15 is 0 Å². The van der Waals surface area contributed by atoms with Crippen molar-refractivity contribution >= 4 is 11.5 Å². The van der Waals surface area contributed by atoms with Crippen molar-refractivity contribution in [1.82, 2.24) is 0 Å². The first-order valence-corrected chi connectivity index (χ1v) is 6.68. The maximum absolute atomic E-state index is 12.9. The molecule has 0 aromatic heterocycles. The number of alkyl halides is 3. The fourth-order valence-electron chi connectivity index (χ4n) is 2.01. The Morgan fingerprint density at radius 1 is 1.09 bits per heavy atom. The molecule has 0 saturated heterocycles. The van der Waals surface area contributed by atoms with Gasteiger partial charge < -0.3 is 11.1 Å². The van der Waals surface area contributed by atoms with Gasteiger partial charge in [0, 0.05) is 29.9 Å². The molecule has 0 aliphatic rings. The van der Waals surface area contributed by atoms with Crippen LogP contribution in [0.5, 0.6) is 0 Å². The largest absolute Gasteiger partial charge is 0.416 e. The summed E-state index contributed by atoms with van der Waals surface area (Å²) in [4.78, 5) is 12.5. The van der Waals surface area contributed by atoms with Crippen molar-refractivity contribution in [2.45, 2.75) is 6.18 Å². The molecule has 0 spiro atoms. The first-order chi connectivity index (χ1) is 10.4. The van der Waals surface area contributed by atoms with Crippen LogP contribution in [0.1, 0.15) is 21.5 Å². The van der Waals surface area contributed by atoms with Crippen molar-refractivity contribution in [3.63, 3.8) is 0 Å². The van der Waals surface area contributed by atoms with Crippen LogP contribution in [-0.2, 0) is 6.18 Å². The van der Waals surface area contributed by atoms with Gasteiger partial charge >= 0.3 is 6.18 Å². The summed E-state index contributed by atoms with van der Waals surface area (Å²) in [6.07, 6.45) is -4.50. The lowest BCUT2D eigenvalue weighted by molar-refractivity contribution is -0.137. The Hall–Kier alpha value is -2.34. The third kappa shape index (κ3) is 3.65. The van der Waals surface area contributed by atoms with Gasteiger partial charge in [0.2, 0.25) is 0 Å². The fraction of sp³-hybridized carbons (Fsp3) is 0.188. The van der Waals surface area contributed by atoms with Gasteiger partial charge in [-0.05, 0) is 18.2 Å². The van der Waals surface area contributed by atoms with Crippen molar-refractivity contribution in [2.24, 2.45) is 5.73 Å². The molecule has 0 bridgehead atoms. The van der Waals surface area contributed by atoms with Gasteiger partial charge in [0.15, 0.2) is 5.78 Å². The molecule has 0 heterocycles. The van der Waals surface area contributed by atoms with E-state index in [-0.39, 0.29) is 5.56 Å². The molecule has 3 N–H and O–H groups in total. The third-order valence-electron chi connectivity index (χ3n) is 3.09. The van der Waals surface area contributed by atoms with E-state index in [9.17, 15) is 18.0 Å². The Morgan fingerprint density at radius 3 is 2.36 bits per heavy atom. The van der Waals surface area contributed by atoms with Gasteiger partial charge in [-0.1, -0.05) is 30.3 Å². The quantitative estimate of drug-likeness (QED) is 0.833. The van der Waals surface area contributed by atoms with Gasteiger partial charge in [-0.25, -0.2) is 0 Å². The molecule has 6 heteroatoms. The summed E-state index contributed by atoms with van der Waals surface area (Å²) in [6, 6.07) is 11.3. The van der Waals surface area contributed by atoms with Gasteiger partial charge in [0.25, 0.3) is 0 Å². The van der Waals surface area contributed by atoms with Crippen LogP contribution in [0.2, 0.25) is 0 Å². The van der Waals surface area contributed by atoms with Crippen LogP contribution in [0.25, 0.3) is 0 Å². The number of ketones is 1. The molecular weight excluding hydrogens is 293 g/mol. The highest BCUT2D eigenvalue weighted by atomic mass is 19.4. The van der Waals surface area contributed by atoms with Crippen molar-refractivity contribution in [1.29, 1.82) is 0 Å². The van der Waals surface area contributed by atoms with Crippen molar-refractivity contribution in [3.8, 4) is 0 Å². The lowest BCUT2D eigenvalue weighted by Crippen LogP contribution is -2.16. The zero-order valence-corrected chi connectivity index (χ0v) is 11.7. The summed E-state index contributed by atoms with van der Waals surface area (Å²) >= 11 is 0. The Bertz CT molecular complexity index is 654. The Balaban J connectivity index is 2.47. The predicted molar refractivity (Wildman–Crippen MR) is 78.9 cm³/mol. The van der Waals surface area contributed by atoms with Crippen LogP contribution >= 0.6 is 0 Å². The van der Waals surface area contributed by atoms with Gasteiger partial charge in [-0.3, -0.25) is 4.79 Å². The van der Waals surface area contributed by atoms with Crippen LogP contribution in [0.15, 0.2) is 48.5 Å². The normalized spacial score (nSPS) is 11.3. The number of hydrogen-bond donors (Lipinski definition) is 2. The lowest BCUT2D eigenvalue weighted by atomic mass is 9.99. The number of nitrogens with two attached hydrogens (primary N) is 1. The van der Waals surface area contributed by atoms with E-state index in [0.717, 1.165) is 12.1 Å². The summed E-state index contributed by atoms with van der Waals surface area (Å²) in [7, 11) is 0. The molecule has 22 heavy (non-hydrogen) atoms. The van der Waals surface area contributed by atoms with E-state index in [1.165, 1.54) is 6.07 Å². The van der Waals surface area contributed by atoms with Gasteiger partial charge in [0.05, 0.1) is 5.56 Å². The third-order valence-corrected chi connectivity index (χ3v) is 3.09. The summed E-state index contributed by atoms with van der Waals surface area (Å²) in [5.74, 6) is -0.466. The first-order valence-electron chi connectivity index (χ1n) is 6.68. The SMILES string of the molecule is NCCNc1ccc(C(F)(F)F)cc1C(=O)c1ccccc1. The highest BCUT2D eigenvalue weighted by Gasteiger charge is 2.31. The molecule has 2 aromatic rings. The summed E-state index contributed by atoms with van der Waals surface area (Å²) in [6.45, 7) is 0.667. The number of carbonyl (C=O) groups is 1. The molecule has 0 amide bonds. The number of hydrogen-bond acceptors (Lipinski definition) is 3. The molecule has 2 aromatic carbocycles. The smallest absolute Gasteiger partial charge is 0.383 e. The number of nitrogens with one attached hydrogen (secondary N) is 1. The van der Waals surface area contributed by atoms with Gasteiger partial charge in [0.1, 0.15) is 0 Å². The summed E-state index contributed by atoms with van der Waals surface area (Å²) < 4.78 is 38.6. The predicted octanol–water partition coefficient (Wildman–Crippen LogP) is 3.31. The molecular formula is C16H15F3N2O. The van der Waals surface area contributed by atoms with Crippen LogP contribution in [0.3, 0.4) is 0 Å². The molecule has 0 fully saturated rings. The van der Waals surface area contributed by atoms with E-state index in [0.29, 0.717) is 24.3 Å². The van der Waals surface area contributed by atoms with Crippen LogP contribution in [0.4, 0.5) is 18.9 Å². The lowest BCUT2D eigenvalue weighted by Gasteiger charge is -2.14. The molecule has 0 aliphatic carbocycles. The highest BCUT2D eigenvalue weighted by Crippen LogP contribution is 2.32. The molecule has 0 unspecified atom stereocenters. The maximum atomic E-state index is 12.9. The van der Waals surface area contributed by atoms with Crippen LogP contribution < -0.4 is 11.1 Å². The first kappa shape index (κ1) is 16.0. The average molecular weight is 308 g/mol. The minimum absolute atomic E-state index is 0.0190. The molecule has 3 nitrogen and oxygen atoms in total. The number of halogens is 3. The molecule has 2 rings (SSSR count). The second kappa shape index (κ2) is 6.62. The Kier molecular flexibility index (Phi) is 4.82. The molecule has 0 aliphatic heterocycles. The Morgan fingerprint density at radius 2 is 1.77 bits per heavy atom. The minimum atomic E-state index is -4.50. The summed E-state index contributed by atoms with van der Waals surface area (Å²) in [5, 5.41) is 2.88. The molecule has 0 saturated carbocycles. The summed E-state index contributed by atoms with van der Waals surface area (Å²) in [5.41, 5.74) is 5.18. The molecule has 0 radical (unpaired) electrons. The topological polar surface area (TPSA) is 55.1 Å². The molecule has 0 atom stereocenters. The van der Waals surface area contributed by atoms with Crippen molar-refractivity contribution < 1.29 is 18.0 Å². The van der Waals surface area contributed by atoms with Crippen molar-refractivity contribution in [3.05, 3.63) is 65.2 Å². The van der Waals surface area contributed by atoms with Crippen LogP contribution in [0, 0.1) is 0 Å². The van der Waals surface area contributed by atoms with Gasteiger partial charge in [-0.2, -0.15) is 13.2 Å². The monoisotopic (exact) mass is 308 g/mol. The fourth-order valence-corrected chi connectivity index (χ4v) is 2.01. The van der Waals surface area contributed by atoms with Gasteiger partial charge in [-0.15, -0.1) is 0 Å². The second-order valence-electron chi connectivity index (χ2n) is 4.67. The van der Waals surface area contributed by atoms with E-state index < -0.39 is 17.5 Å². The second-order valence-corrected chi connectivity index (χ2v) is 4.67. The number of benzene rings is 2. The van der Waals surface area contributed by atoms with Crippen molar-refractivity contribution in [2.75, 3.05) is 18.4 Å². The average Bonchev–Trinajstić information content (AvgIpc) is 2.52. The van der Waals surface area contributed by atoms with E-state index in [4.69, 9.17) is 5.73 Å². The maximum Gasteiger partial charge on any atom is 0.416 e. The number of anilines is 1. The standard InChI is InChI=1S/C16H15F3N2O/c17-16(18,19)12-6-7-14(21-9-8-20)13(10-12)15(22)11-4-2-1-3-5-11/h1-7,10,21H,8-9,20H2. The zero-order valence-electron chi connectivity index (χ0n) is 11.7. The Labute approximate surface area is 125 Å². The molecule has 116 valence electrons. The van der Waals surface area contributed by atoms with Crippen LogP contribution in [-0.4, -0.2) is 18.9 Å². The number of rotatable bonds is 5. The van der Waals surface area contributed by atoms with E-state index in [1.807, 2.05) is 0 Å². The van der Waals surface area contributed by atoms with E-state index in [1.54, 1.807) is 30.3 Å². The zero-order chi connectivity index (χ0) is 16.2.